The van der Waals surface area contributed by atoms with E-state index in [0.717, 1.165) is 17.7 Å². The van der Waals surface area contributed by atoms with Crippen LogP contribution in [0.1, 0.15) is 28.1 Å². The van der Waals surface area contributed by atoms with Crippen LogP contribution in [0.15, 0.2) is 46.7 Å². The smallest absolute Gasteiger partial charge is 0.248 e. The Balaban J connectivity index is 1.87. The van der Waals surface area contributed by atoms with E-state index >= 15 is 0 Å². The highest BCUT2D eigenvalue weighted by Crippen LogP contribution is 2.24. The molecule has 6 nitrogen and oxygen atoms in total. The number of hydrogen-bond donors (Lipinski definition) is 1. The lowest BCUT2D eigenvalue weighted by molar-refractivity contribution is 0.0927. The van der Waals surface area contributed by atoms with Crippen molar-refractivity contribution in [3.8, 4) is 0 Å². The standard InChI is InChI=1S/C17H20N2O4S2/c18-17(20)13-5-7-16(8-6-13)25(21,22)19(11-14-3-1-9-23-14)12-15-4-2-10-24-15/h2,4-8,10,14H,1,3,9,11-12H2,(H2,18,20)/t14-/m0/s1. The molecule has 134 valence electrons. The highest BCUT2D eigenvalue weighted by Gasteiger charge is 2.29. The molecule has 1 atom stereocenters. The van der Waals surface area contributed by atoms with Crippen molar-refractivity contribution in [1.29, 1.82) is 0 Å². The average Bonchev–Trinajstić information content (AvgIpc) is 3.28. The molecule has 0 unspecified atom stereocenters. The molecular formula is C17H20N2O4S2. The predicted molar refractivity (Wildman–Crippen MR) is 95.8 cm³/mol. The van der Waals surface area contributed by atoms with Gasteiger partial charge in [-0.25, -0.2) is 8.42 Å². The summed E-state index contributed by atoms with van der Waals surface area (Å²) in [6.07, 6.45) is 1.72. The van der Waals surface area contributed by atoms with Crippen molar-refractivity contribution in [3.63, 3.8) is 0 Å². The van der Waals surface area contributed by atoms with E-state index in [1.165, 1.54) is 39.9 Å². The maximum atomic E-state index is 13.1. The zero-order valence-corrected chi connectivity index (χ0v) is 15.3. The Morgan fingerprint density at radius 3 is 2.60 bits per heavy atom. The molecular weight excluding hydrogens is 360 g/mol. The minimum absolute atomic E-state index is 0.0837. The molecule has 2 N–H and O–H groups in total. The Hall–Kier alpha value is -1.74. The lowest BCUT2D eigenvalue weighted by atomic mass is 10.2. The van der Waals surface area contributed by atoms with Gasteiger partial charge in [-0.15, -0.1) is 11.3 Å². The molecule has 1 aromatic heterocycles. The molecule has 1 fully saturated rings. The van der Waals surface area contributed by atoms with E-state index in [2.05, 4.69) is 0 Å². The molecule has 0 saturated carbocycles. The van der Waals surface area contributed by atoms with Crippen molar-refractivity contribution in [2.75, 3.05) is 13.2 Å². The fourth-order valence-corrected chi connectivity index (χ4v) is 5.03. The predicted octanol–water partition coefficient (Wildman–Crippen LogP) is 2.22. The van der Waals surface area contributed by atoms with Crippen LogP contribution in [0.4, 0.5) is 0 Å². The molecule has 25 heavy (non-hydrogen) atoms. The number of carbonyl (C=O) groups excluding carboxylic acids is 1. The molecule has 8 heteroatoms. The number of primary amides is 1. The average molecular weight is 380 g/mol. The first-order valence-electron chi connectivity index (χ1n) is 8.01. The Morgan fingerprint density at radius 2 is 2.04 bits per heavy atom. The van der Waals surface area contributed by atoms with Gasteiger partial charge in [-0.2, -0.15) is 4.31 Å². The van der Waals surface area contributed by atoms with Gasteiger partial charge in [0.05, 0.1) is 11.0 Å². The molecule has 2 heterocycles. The van der Waals surface area contributed by atoms with Crippen molar-refractivity contribution in [2.24, 2.45) is 5.73 Å². The fraction of sp³-hybridized carbons (Fsp3) is 0.353. The van der Waals surface area contributed by atoms with E-state index in [1.807, 2.05) is 17.5 Å². The van der Waals surface area contributed by atoms with Crippen LogP contribution < -0.4 is 5.73 Å². The van der Waals surface area contributed by atoms with Crippen molar-refractivity contribution in [3.05, 3.63) is 52.2 Å². The van der Waals surface area contributed by atoms with E-state index in [0.29, 0.717) is 19.7 Å². The van der Waals surface area contributed by atoms with Gasteiger partial charge in [-0.05, 0) is 48.6 Å². The molecule has 1 aromatic carbocycles. The van der Waals surface area contributed by atoms with Crippen LogP contribution >= 0.6 is 11.3 Å². The van der Waals surface area contributed by atoms with E-state index in [1.54, 1.807) is 0 Å². The van der Waals surface area contributed by atoms with Crippen molar-refractivity contribution < 1.29 is 17.9 Å². The van der Waals surface area contributed by atoms with Gasteiger partial charge >= 0.3 is 0 Å². The molecule has 0 aliphatic carbocycles. The van der Waals surface area contributed by atoms with Crippen molar-refractivity contribution in [2.45, 2.75) is 30.4 Å². The van der Waals surface area contributed by atoms with E-state index in [-0.39, 0.29) is 16.6 Å². The SMILES string of the molecule is NC(=O)c1ccc(S(=O)(=O)N(Cc2cccs2)C[C@@H]2CCCO2)cc1. The van der Waals surface area contributed by atoms with Crippen LogP contribution in [0.25, 0.3) is 0 Å². The van der Waals surface area contributed by atoms with Crippen LogP contribution in [0.2, 0.25) is 0 Å². The molecule has 0 radical (unpaired) electrons. The first-order chi connectivity index (χ1) is 12.0. The number of benzene rings is 1. The number of nitrogens with two attached hydrogens (primary N) is 1. The second kappa shape index (κ2) is 7.65. The molecule has 0 spiro atoms. The summed E-state index contributed by atoms with van der Waals surface area (Å²) >= 11 is 1.52. The summed E-state index contributed by atoms with van der Waals surface area (Å²) in [5.41, 5.74) is 5.50. The number of sulfonamides is 1. The summed E-state index contributed by atoms with van der Waals surface area (Å²) < 4.78 is 33.2. The Labute approximate surface area is 151 Å². The summed E-state index contributed by atoms with van der Waals surface area (Å²) in [7, 11) is -3.70. The summed E-state index contributed by atoms with van der Waals surface area (Å²) in [6, 6.07) is 9.53. The third-order valence-electron chi connectivity index (χ3n) is 4.12. The molecule has 0 bridgehead atoms. The second-order valence-corrected chi connectivity index (χ2v) is 8.87. The largest absolute Gasteiger partial charge is 0.377 e. The first kappa shape index (κ1) is 18.1. The fourth-order valence-electron chi connectivity index (χ4n) is 2.78. The van der Waals surface area contributed by atoms with E-state index in [9.17, 15) is 13.2 Å². The normalized spacial score (nSPS) is 17.9. The van der Waals surface area contributed by atoms with Gasteiger partial charge in [0, 0.05) is 30.1 Å². The highest BCUT2D eigenvalue weighted by molar-refractivity contribution is 7.89. The zero-order chi connectivity index (χ0) is 17.9. The van der Waals surface area contributed by atoms with Gasteiger partial charge in [-0.3, -0.25) is 4.79 Å². The number of thiophene rings is 1. The van der Waals surface area contributed by atoms with Crippen LogP contribution in [-0.2, 0) is 21.3 Å². The molecule has 3 rings (SSSR count). The number of nitrogens with zero attached hydrogens (tertiary/aromatic N) is 1. The minimum atomic E-state index is -3.70. The van der Waals surface area contributed by atoms with E-state index < -0.39 is 15.9 Å². The number of amides is 1. The summed E-state index contributed by atoms with van der Waals surface area (Å²) in [5, 5.41) is 1.92. The van der Waals surface area contributed by atoms with Gasteiger partial charge in [0.15, 0.2) is 0 Å². The summed E-state index contributed by atoms with van der Waals surface area (Å²) in [4.78, 5) is 12.3. The van der Waals surface area contributed by atoms with Gasteiger partial charge in [0.25, 0.3) is 0 Å². The molecule has 2 aromatic rings. The van der Waals surface area contributed by atoms with Gasteiger partial charge in [0.2, 0.25) is 15.9 Å². The van der Waals surface area contributed by atoms with Crippen molar-refractivity contribution >= 4 is 27.3 Å². The summed E-state index contributed by atoms with van der Waals surface area (Å²) in [6.45, 7) is 1.29. The van der Waals surface area contributed by atoms with Crippen LogP contribution in [0.3, 0.4) is 0 Å². The molecule has 1 aliphatic heterocycles. The Morgan fingerprint density at radius 1 is 1.28 bits per heavy atom. The van der Waals surface area contributed by atoms with Crippen LogP contribution in [-0.4, -0.2) is 37.9 Å². The molecule has 1 amide bonds. The number of carbonyl (C=O) groups is 1. The monoisotopic (exact) mass is 380 g/mol. The molecule has 1 saturated heterocycles. The zero-order valence-electron chi connectivity index (χ0n) is 13.6. The third-order valence-corrected chi connectivity index (χ3v) is 6.81. The topological polar surface area (TPSA) is 89.7 Å². The Bertz CT molecular complexity index is 811. The molecule has 1 aliphatic rings. The first-order valence-corrected chi connectivity index (χ1v) is 10.3. The number of hydrogen-bond acceptors (Lipinski definition) is 5. The minimum Gasteiger partial charge on any atom is -0.377 e. The van der Waals surface area contributed by atoms with Crippen LogP contribution in [0.5, 0.6) is 0 Å². The quantitative estimate of drug-likeness (QED) is 0.797. The maximum Gasteiger partial charge on any atom is 0.248 e. The number of rotatable bonds is 7. The number of ether oxygens (including phenoxy) is 1. The second-order valence-electron chi connectivity index (χ2n) is 5.90. The lowest BCUT2D eigenvalue weighted by Crippen LogP contribution is -2.36. The highest BCUT2D eigenvalue weighted by atomic mass is 32.2. The van der Waals surface area contributed by atoms with Crippen molar-refractivity contribution in [1.82, 2.24) is 4.31 Å². The summed E-state index contributed by atoms with van der Waals surface area (Å²) in [5.74, 6) is -0.584. The third kappa shape index (κ3) is 4.27. The van der Waals surface area contributed by atoms with Gasteiger partial charge < -0.3 is 10.5 Å². The lowest BCUT2D eigenvalue weighted by Gasteiger charge is -2.24. The van der Waals surface area contributed by atoms with Gasteiger partial charge in [0.1, 0.15) is 0 Å². The van der Waals surface area contributed by atoms with E-state index in [4.69, 9.17) is 10.5 Å². The van der Waals surface area contributed by atoms with Gasteiger partial charge in [-0.1, -0.05) is 6.07 Å². The maximum absolute atomic E-state index is 13.1. The Kier molecular flexibility index (Phi) is 5.53. The van der Waals surface area contributed by atoms with Crippen LogP contribution in [0, 0.1) is 0 Å².